The summed E-state index contributed by atoms with van der Waals surface area (Å²) in [5.41, 5.74) is 0.963. The Morgan fingerprint density at radius 3 is 2.50 bits per heavy atom. The number of esters is 1. The van der Waals surface area contributed by atoms with E-state index in [0.717, 1.165) is 10.0 Å². The Bertz CT molecular complexity index is 663. The van der Waals surface area contributed by atoms with Crippen molar-refractivity contribution in [2.45, 2.75) is 19.9 Å². The van der Waals surface area contributed by atoms with Gasteiger partial charge >= 0.3 is 5.97 Å². The van der Waals surface area contributed by atoms with Crippen LogP contribution < -0.4 is 5.32 Å². The lowest BCUT2D eigenvalue weighted by molar-refractivity contribution is -0.124. The van der Waals surface area contributed by atoms with E-state index in [1.807, 2.05) is 31.2 Å². The summed E-state index contributed by atoms with van der Waals surface area (Å²) in [4.78, 5) is 23.5. The molecule has 116 valence electrons. The van der Waals surface area contributed by atoms with Gasteiger partial charge in [-0.25, -0.2) is 4.79 Å². The maximum atomic E-state index is 11.8. The molecule has 0 spiro atoms. The number of ether oxygens (including phenoxy) is 1. The Labute approximate surface area is 136 Å². The second kappa shape index (κ2) is 7.26. The highest BCUT2D eigenvalue weighted by Crippen LogP contribution is 2.16. The predicted molar refractivity (Wildman–Crippen MR) is 84.4 cm³/mol. The molecule has 5 nitrogen and oxygen atoms in total. The molecule has 0 aliphatic rings. The van der Waals surface area contributed by atoms with Gasteiger partial charge in [-0.1, -0.05) is 28.1 Å². The molecular formula is C16H16BrNO4. The van der Waals surface area contributed by atoms with Crippen LogP contribution in [0.3, 0.4) is 0 Å². The summed E-state index contributed by atoms with van der Waals surface area (Å²) in [7, 11) is 0. The highest BCUT2D eigenvalue weighted by atomic mass is 79.9. The first-order chi connectivity index (χ1) is 10.5. The van der Waals surface area contributed by atoms with E-state index in [1.165, 1.54) is 6.07 Å². The number of rotatable bonds is 5. The average molecular weight is 366 g/mol. The minimum absolute atomic E-state index is 0.0891. The molecule has 22 heavy (non-hydrogen) atoms. The van der Waals surface area contributed by atoms with Crippen LogP contribution in [0.4, 0.5) is 0 Å². The molecule has 1 N–H and O–H groups in total. The van der Waals surface area contributed by atoms with E-state index in [2.05, 4.69) is 21.2 Å². The van der Waals surface area contributed by atoms with Crippen molar-refractivity contribution in [3.63, 3.8) is 0 Å². The highest BCUT2D eigenvalue weighted by molar-refractivity contribution is 9.10. The van der Waals surface area contributed by atoms with Crippen LogP contribution in [0, 0.1) is 6.92 Å². The Balaban J connectivity index is 1.82. The van der Waals surface area contributed by atoms with Gasteiger partial charge in [0.1, 0.15) is 5.76 Å². The predicted octanol–water partition coefficient (Wildman–Crippen LogP) is 3.38. The number of hydrogen-bond acceptors (Lipinski definition) is 4. The molecule has 0 saturated carbocycles. The van der Waals surface area contributed by atoms with Crippen molar-refractivity contribution in [1.29, 1.82) is 0 Å². The molecular weight excluding hydrogens is 350 g/mol. The monoisotopic (exact) mass is 365 g/mol. The van der Waals surface area contributed by atoms with Crippen molar-refractivity contribution >= 4 is 27.8 Å². The number of halogens is 1. The van der Waals surface area contributed by atoms with E-state index in [9.17, 15) is 9.59 Å². The second-order valence-corrected chi connectivity index (χ2v) is 5.74. The zero-order chi connectivity index (χ0) is 16.1. The third kappa shape index (κ3) is 4.46. The van der Waals surface area contributed by atoms with Crippen molar-refractivity contribution < 1.29 is 18.7 Å². The van der Waals surface area contributed by atoms with Crippen LogP contribution in [0.15, 0.2) is 45.3 Å². The summed E-state index contributed by atoms with van der Waals surface area (Å²) in [6, 6.07) is 10.6. The van der Waals surface area contributed by atoms with Crippen molar-refractivity contribution in [2.75, 3.05) is 6.61 Å². The van der Waals surface area contributed by atoms with Gasteiger partial charge in [-0.2, -0.15) is 0 Å². The summed E-state index contributed by atoms with van der Waals surface area (Å²) in [5.74, 6) is -0.321. The Hall–Kier alpha value is -2.08. The largest absolute Gasteiger partial charge is 0.454 e. The van der Waals surface area contributed by atoms with Gasteiger partial charge in [0.15, 0.2) is 6.61 Å². The Morgan fingerprint density at radius 1 is 1.23 bits per heavy atom. The van der Waals surface area contributed by atoms with Crippen LogP contribution >= 0.6 is 15.9 Å². The Kier molecular flexibility index (Phi) is 5.38. The standard InChI is InChI=1S/C16H16BrNO4/c1-10-3-8-14(22-10)16(20)21-9-15(19)18-11(2)12-4-6-13(17)7-5-12/h3-8,11H,9H2,1-2H3,(H,18,19). The molecule has 0 aliphatic heterocycles. The third-order valence-electron chi connectivity index (χ3n) is 3.02. The second-order valence-electron chi connectivity index (χ2n) is 4.83. The van der Waals surface area contributed by atoms with E-state index >= 15 is 0 Å². The molecule has 1 unspecified atom stereocenters. The van der Waals surface area contributed by atoms with Gasteiger partial charge in [-0.15, -0.1) is 0 Å². The SMILES string of the molecule is Cc1ccc(C(=O)OCC(=O)NC(C)c2ccc(Br)cc2)o1. The molecule has 2 aromatic rings. The number of furan rings is 1. The molecule has 0 radical (unpaired) electrons. The smallest absolute Gasteiger partial charge is 0.374 e. The fourth-order valence-electron chi connectivity index (χ4n) is 1.86. The van der Waals surface area contributed by atoms with Crippen LogP contribution in [-0.4, -0.2) is 18.5 Å². The van der Waals surface area contributed by atoms with Crippen molar-refractivity contribution in [3.8, 4) is 0 Å². The topological polar surface area (TPSA) is 68.5 Å². The average Bonchev–Trinajstić information content (AvgIpc) is 2.92. The highest BCUT2D eigenvalue weighted by Gasteiger charge is 2.15. The molecule has 1 atom stereocenters. The van der Waals surface area contributed by atoms with Gasteiger partial charge in [-0.3, -0.25) is 4.79 Å². The van der Waals surface area contributed by atoms with Crippen LogP contribution in [0.5, 0.6) is 0 Å². The maximum absolute atomic E-state index is 11.8. The number of benzene rings is 1. The summed E-state index contributed by atoms with van der Waals surface area (Å²) in [5, 5.41) is 2.77. The first-order valence-corrected chi connectivity index (χ1v) is 7.53. The molecule has 1 heterocycles. The first-order valence-electron chi connectivity index (χ1n) is 6.74. The van der Waals surface area contributed by atoms with Crippen molar-refractivity contribution in [3.05, 3.63) is 58.0 Å². The molecule has 0 fully saturated rings. The van der Waals surface area contributed by atoms with E-state index in [4.69, 9.17) is 9.15 Å². The molecule has 0 saturated heterocycles. The van der Waals surface area contributed by atoms with E-state index in [-0.39, 0.29) is 24.3 Å². The van der Waals surface area contributed by atoms with Crippen molar-refractivity contribution in [2.24, 2.45) is 0 Å². The normalized spacial score (nSPS) is 11.8. The summed E-state index contributed by atoms with van der Waals surface area (Å²) >= 11 is 3.36. The first kappa shape index (κ1) is 16.3. The molecule has 1 amide bonds. The third-order valence-corrected chi connectivity index (χ3v) is 3.55. The number of amides is 1. The van der Waals surface area contributed by atoms with Gasteiger partial charge in [0.2, 0.25) is 5.76 Å². The van der Waals surface area contributed by atoms with Crippen LogP contribution in [0.1, 0.15) is 34.8 Å². The van der Waals surface area contributed by atoms with E-state index in [1.54, 1.807) is 13.0 Å². The fraction of sp³-hybridized carbons (Fsp3) is 0.250. The van der Waals surface area contributed by atoms with Gasteiger partial charge in [0, 0.05) is 4.47 Å². The fourth-order valence-corrected chi connectivity index (χ4v) is 2.13. The molecule has 1 aromatic carbocycles. The lowest BCUT2D eigenvalue weighted by Gasteiger charge is -2.14. The summed E-state index contributed by atoms with van der Waals surface area (Å²) in [6.07, 6.45) is 0. The number of carbonyl (C=O) groups excluding carboxylic acids is 2. The summed E-state index contributed by atoms with van der Waals surface area (Å²) in [6.45, 7) is 3.24. The van der Waals surface area contributed by atoms with Crippen LogP contribution in [0.2, 0.25) is 0 Å². The number of aryl methyl sites for hydroxylation is 1. The van der Waals surface area contributed by atoms with Crippen LogP contribution in [-0.2, 0) is 9.53 Å². The van der Waals surface area contributed by atoms with Gasteiger partial charge in [0.05, 0.1) is 6.04 Å². The zero-order valence-electron chi connectivity index (χ0n) is 12.3. The lowest BCUT2D eigenvalue weighted by atomic mass is 10.1. The van der Waals surface area contributed by atoms with E-state index in [0.29, 0.717) is 5.76 Å². The van der Waals surface area contributed by atoms with Gasteiger partial charge in [0.25, 0.3) is 5.91 Å². The van der Waals surface area contributed by atoms with E-state index < -0.39 is 5.97 Å². The summed E-state index contributed by atoms with van der Waals surface area (Å²) < 4.78 is 11.0. The molecule has 2 rings (SSSR count). The van der Waals surface area contributed by atoms with Crippen molar-refractivity contribution in [1.82, 2.24) is 5.32 Å². The van der Waals surface area contributed by atoms with Gasteiger partial charge < -0.3 is 14.5 Å². The number of hydrogen-bond donors (Lipinski definition) is 1. The number of carbonyl (C=O) groups is 2. The van der Waals surface area contributed by atoms with Crippen LogP contribution in [0.25, 0.3) is 0 Å². The Morgan fingerprint density at radius 2 is 1.91 bits per heavy atom. The minimum atomic E-state index is -0.653. The zero-order valence-corrected chi connectivity index (χ0v) is 13.8. The molecule has 1 aromatic heterocycles. The molecule has 0 bridgehead atoms. The maximum Gasteiger partial charge on any atom is 0.374 e. The minimum Gasteiger partial charge on any atom is -0.454 e. The number of nitrogens with one attached hydrogen (secondary N) is 1. The molecule has 6 heteroatoms. The van der Waals surface area contributed by atoms with Gasteiger partial charge in [-0.05, 0) is 43.7 Å². The lowest BCUT2D eigenvalue weighted by Crippen LogP contribution is -2.31. The molecule has 0 aliphatic carbocycles. The quantitative estimate of drug-likeness (QED) is 0.824.